The van der Waals surface area contributed by atoms with Gasteiger partial charge in [-0.15, -0.1) is 0 Å². The first-order valence-electron chi connectivity index (χ1n) is 7.39. The molecular formula is C16H24ClN3O2. The second-order valence-corrected chi connectivity index (χ2v) is 5.80. The number of urea groups is 1. The molecule has 0 radical (unpaired) electrons. The van der Waals surface area contributed by atoms with E-state index >= 15 is 0 Å². The first kappa shape index (κ1) is 18.3. The molecule has 0 saturated carbocycles. The minimum atomic E-state index is -0.107. The topological polar surface area (TPSA) is 61.4 Å². The largest absolute Gasteiger partial charge is 0.356 e. The maximum absolute atomic E-state index is 12.0. The van der Waals surface area contributed by atoms with E-state index in [0.717, 1.165) is 12.0 Å². The number of benzene rings is 1. The van der Waals surface area contributed by atoms with Crippen LogP contribution in [0, 0.1) is 0 Å². The molecule has 122 valence electrons. The van der Waals surface area contributed by atoms with Gasteiger partial charge in [0.15, 0.2) is 0 Å². The maximum atomic E-state index is 12.0. The van der Waals surface area contributed by atoms with Crippen LogP contribution in [-0.4, -0.2) is 43.0 Å². The summed E-state index contributed by atoms with van der Waals surface area (Å²) in [5.41, 5.74) is 1.14. The number of rotatable bonds is 7. The molecule has 0 aliphatic rings. The lowest BCUT2D eigenvalue weighted by molar-refractivity contribution is -0.118. The highest BCUT2D eigenvalue weighted by atomic mass is 35.5. The molecule has 1 rings (SSSR count). The lowest BCUT2D eigenvalue weighted by atomic mass is 10.1. The van der Waals surface area contributed by atoms with Crippen molar-refractivity contribution in [1.82, 2.24) is 15.5 Å². The Morgan fingerprint density at radius 3 is 2.36 bits per heavy atom. The number of carbonyl (C=O) groups excluding carboxylic acids is 2. The van der Waals surface area contributed by atoms with Crippen molar-refractivity contribution in [2.75, 3.05) is 20.1 Å². The van der Waals surface area contributed by atoms with E-state index in [9.17, 15) is 9.59 Å². The first-order valence-corrected chi connectivity index (χ1v) is 7.77. The zero-order chi connectivity index (χ0) is 16.5. The number of halogens is 1. The number of nitrogens with zero attached hydrogens (tertiary/aromatic N) is 1. The molecular weight excluding hydrogens is 302 g/mol. The molecule has 0 bridgehead atoms. The van der Waals surface area contributed by atoms with Crippen LogP contribution in [0.5, 0.6) is 0 Å². The van der Waals surface area contributed by atoms with Gasteiger partial charge in [0.2, 0.25) is 5.91 Å². The van der Waals surface area contributed by atoms with Crippen LogP contribution in [0.1, 0.15) is 25.8 Å². The third-order valence-corrected chi connectivity index (χ3v) is 3.68. The van der Waals surface area contributed by atoms with E-state index in [-0.39, 0.29) is 18.0 Å². The van der Waals surface area contributed by atoms with Crippen molar-refractivity contribution >= 4 is 23.5 Å². The van der Waals surface area contributed by atoms with Crippen molar-refractivity contribution in [3.8, 4) is 0 Å². The average Bonchev–Trinajstić information content (AvgIpc) is 2.47. The molecule has 2 N–H and O–H groups in total. The fourth-order valence-electron chi connectivity index (χ4n) is 1.97. The number of amides is 3. The van der Waals surface area contributed by atoms with Gasteiger partial charge in [0.25, 0.3) is 0 Å². The molecule has 0 saturated heterocycles. The van der Waals surface area contributed by atoms with Crippen LogP contribution in [0.2, 0.25) is 5.02 Å². The number of carbonyl (C=O) groups is 2. The van der Waals surface area contributed by atoms with Gasteiger partial charge in [-0.2, -0.15) is 0 Å². The molecule has 3 amide bonds. The quantitative estimate of drug-likeness (QED) is 0.756. The van der Waals surface area contributed by atoms with Crippen molar-refractivity contribution < 1.29 is 9.59 Å². The number of nitrogens with one attached hydrogen (secondary N) is 2. The van der Waals surface area contributed by atoms with Gasteiger partial charge in [0, 0.05) is 38.1 Å². The Morgan fingerprint density at radius 2 is 1.77 bits per heavy atom. The number of likely N-dealkylation sites (N-methyl/N-ethyl adjacent to an activating group) is 1. The number of hydrogen-bond acceptors (Lipinski definition) is 2. The van der Waals surface area contributed by atoms with Crippen LogP contribution in [0.25, 0.3) is 0 Å². The Hall–Kier alpha value is -1.75. The Labute approximate surface area is 137 Å². The van der Waals surface area contributed by atoms with Crippen LogP contribution in [0.4, 0.5) is 4.79 Å². The third-order valence-electron chi connectivity index (χ3n) is 3.43. The summed E-state index contributed by atoms with van der Waals surface area (Å²) >= 11 is 5.86. The molecule has 0 unspecified atom stereocenters. The Balaban J connectivity index is 2.32. The summed E-state index contributed by atoms with van der Waals surface area (Å²) in [6, 6.07) is 7.62. The summed E-state index contributed by atoms with van der Waals surface area (Å²) in [5.74, 6) is -0.0555. The van der Waals surface area contributed by atoms with Crippen molar-refractivity contribution in [2.45, 2.75) is 32.7 Å². The van der Waals surface area contributed by atoms with E-state index in [4.69, 9.17) is 11.6 Å². The molecule has 0 heterocycles. The van der Waals surface area contributed by atoms with E-state index in [2.05, 4.69) is 10.6 Å². The molecule has 1 aromatic carbocycles. The third kappa shape index (κ3) is 6.80. The Kier molecular flexibility index (Phi) is 7.74. The summed E-state index contributed by atoms with van der Waals surface area (Å²) in [6.07, 6.45) is 1.48. The van der Waals surface area contributed by atoms with Crippen molar-refractivity contribution in [2.24, 2.45) is 0 Å². The van der Waals surface area contributed by atoms with Gasteiger partial charge in [-0.25, -0.2) is 4.79 Å². The summed E-state index contributed by atoms with van der Waals surface area (Å²) in [7, 11) is 1.78. The Bertz CT molecular complexity index is 491. The lowest BCUT2D eigenvalue weighted by Crippen LogP contribution is -2.43. The van der Waals surface area contributed by atoms with Gasteiger partial charge in [-0.3, -0.25) is 4.79 Å². The molecule has 1 atom stereocenters. The smallest absolute Gasteiger partial charge is 0.317 e. The molecule has 22 heavy (non-hydrogen) atoms. The van der Waals surface area contributed by atoms with Crippen LogP contribution in [0.3, 0.4) is 0 Å². The summed E-state index contributed by atoms with van der Waals surface area (Å²) < 4.78 is 0. The molecule has 5 nitrogen and oxygen atoms in total. The maximum Gasteiger partial charge on any atom is 0.317 e. The van der Waals surface area contributed by atoms with Crippen LogP contribution in [0.15, 0.2) is 24.3 Å². The average molecular weight is 326 g/mol. The molecule has 0 aliphatic carbocycles. The summed E-state index contributed by atoms with van der Waals surface area (Å²) in [6.45, 7) is 4.59. The molecule has 1 aromatic rings. The molecule has 0 aliphatic heterocycles. The minimum Gasteiger partial charge on any atom is -0.356 e. The van der Waals surface area contributed by atoms with Crippen molar-refractivity contribution in [1.29, 1.82) is 0 Å². The second-order valence-electron chi connectivity index (χ2n) is 5.36. The lowest BCUT2D eigenvalue weighted by Gasteiger charge is -2.25. The van der Waals surface area contributed by atoms with E-state index in [0.29, 0.717) is 24.5 Å². The number of hydrogen-bond donors (Lipinski definition) is 2. The SMILES string of the molecule is CC(=O)NCCCNC(=O)N(C)[C@H](C)Cc1ccc(Cl)cc1. The fraction of sp³-hybridized carbons (Fsp3) is 0.500. The zero-order valence-electron chi connectivity index (χ0n) is 13.4. The normalized spacial score (nSPS) is 11.6. The standard InChI is InChI=1S/C16H24ClN3O2/c1-12(11-14-5-7-15(17)8-6-14)20(3)16(22)19-10-4-9-18-13(2)21/h5-8,12H,4,9-11H2,1-3H3,(H,18,21)(H,19,22)/t12-/m1/s1. The van der Waals surface area contributed by atoms with Gasteiger partial charge in [0.1, 0.15) is 0 Å². The molecule has 0 fully saturated rings. The van der Waals surface area contributed by atoms with Gasteiger partial charge in [-0.1, -0.05) is 23.7 Å². The van der Waals surface area contributed by atoms with E-state index in [1.165, 1.54) is 6.92 Å². The molecule has 0 spiro atoms. The van der Waals surface area contributed by atoms with Crippen molar-refractivity contribution in [3.63, 3.8) is 0 Å². The van der Waals surface area contributed by atoms with Crippen LogP contribution >= 0.6 is 11.6 Å². The zero-order valence-corrected chi connectivity index (χ0v) is 14.1. The van der Waals surface area contributed by atoms with Gasteiger partial charge >= 0.3 is 6.03 Å². The van der Waals surface area contributed by atoms with E-state index < -0.39 is 0 Å². The molecule has 0 aromatic heterocycles. The highest BCUT2D eigenvalue weighted by Gasteiger charge is 2.15. The minimum absolute atomic E-state index is 0.0555. The van der Waals surface area contributed by atoms with Crippen LogP contribution in [-0.2, 0) is 11.2 Å². The molecule has 6 heteroatoms. The monoisotopic (exact) mass is 325 g/mol. The first-order chi connectivity index (χ1) is 10.4. The van der Waals surface area contributed by atoms with Crippen molar-refractivity contribution in [3.05, 3.63) is 34.9 Å². The van der Waals surface area contributed by atoms with E-state index in [1.807, 2.05) is 31.2 Å². The predicted molar refractivity (Wildman–Crippen MR) is 89.1 cm³/mol. The fourth-order valence-corrected chi connectivity index (χ4v) is 2.10. The van der Waals surface area contributed by atoms with Gasteiger partial charge in [-0.05, 0) is 37.5 Å². The highest BCUT2D eigenvalue weighted by molar-refractivity contribution is 6.30. The second kappa shape index (κ2) is 9.30. The van der Waals surface area contributed by atoms with Crippen LogP contribution < -0.4 is 10.6 Å². The summed E-state index contributed by atoms with van der Waals surface area (Å²) in [4.78, 5) is 24.4. The van der Waals surface area contributed by atoms with Gasteiger partial charge < -0.3 is 15.5 Å². The van der Waals surface area contributed by atoms with Gasteiger partial charge in [0.05, 0.1) is 0 Å². The van der Waals surface area contributed by atoms with E-state index in [1.54, 1.807) is 11.9 Å². The Morgan fingerprint density at radius 1 is 1.18 bits per heavy atom. The summed E-state index contributed by atoms with van der Waals surface area (Å²) in [5, 5.41) is 6.25. The highest BCUT2D eigenvalue weighted by Crippen LogP contribution is 2.12. The predicted octanol–water partition coefficient (Wildman–Crippen LogP) is 2.44.